The lowest BCUT2D eigenvalue weighted by atomic mass is 9.86. The normalized spacial score (nSPS) is 19.4. The molecule has 2 aromatic carbocycles. The fraction of sp³-hybridized carbons (Fsp3) is 0.286. The van der Waals surface area contributed by atoms with Crippen molar-refractivity contribution in [3.8, 4) is 0 Å². The lowest BCUT2D eigenvalue weighted by molar-refractivity contribution is -0.385. The van der Waals surface area contributed by atoms with Gasteiger partial charge in [0.05, 0.1) is 9.85 Å². The van der Waals surface area contributed by atoms with Crippen molar-refractivity contribution in [1.29, 1.82) is 0 Å². The second-order valence-electron chi connectivity index (χ2n) is 7.75. The number of hydrogen-bond donors (Lipinski definition) is 2. The topological polar surface area (TPSA) is 160 Å². The molecular weight excluding hydrogens is 432 g/mol. The molecule has 1 aliphatic carbocycles. The van der Waals surface area contributed by atoms with Crippen LogP contribution < -0.4 is 10.9 Å². The van der Waals surface area contributed by atoms with E-state index >= 15 is 0 Å². The van der Waals surface area contributed by atoms with Crippen LogP contribution in [0.2, 0.25) is 0 Å². The Balaban J connectivity index is 1.55. The van der Waals surface area contributed by atoms with Crippen molar-refractivity contribution in [3.05, 3.63) is 79.9 Å². The van der Waals surface area contributed by atoms with Gasteiger partial charge in [0.2, 0.25) is 0 Å². The highest BCUT2D eigenvalue weighted by molar-refractivity contribution is 5.99. The molecule has 33 heavy (non-hydrogen) atoms. The SMILES string of the molecule is O=C(NN[C@@H]1[C@@H]2CCCCC2=NN1C(=O)c1cccc([N+](=O)[O-])c1)c1cccc([N+](=O)[O-])c1. The van der Waals surface area contributed by atoms with E-state index < -0.39 is 27.8 Å². The van der Waals surface area contributed by atoms with Gasteiger partial charge in [-0.05, 0) is 31.4 Å². The van der Waals surface area contributed by atoms with Gasteiger partial charge in [-0.2, -0.15) is 5.10 Å². The van der Waals surface area contributed by atoms with Crippen LogP contribution in [0.3, 0.4) is 0 Å². The third kappa shape index (κ3) is 4.55. The number of carbonyl (C=O) groups is 2. The molecule has 2 amide bonds. The minimum absolute atomic E-state index is 0.0797. The first-order valence-electron chi connectivity index (χ1n) is 10.3. The average Bonchev–Trinajstić information content (AvgIpc) is 3.20. The van der Waals surface area contributed by atoms with E-state index in [-0.39, 0.29) is 28.4 Å². The molecular formula is C21H20N6O6. The summed E-state index contributed by atoms with van der Waals surface area (Å²) in [5.41, 5.74) is 5.94. The van der Waals surface area contributed by atoms with Gasteiger partial charge in [-0.15, -0.1) is 0 Å². The van der Waals surface area contributed by atoms with Gasteiger partial charge in [0.15, 0.2) is 0 Å². The summed E-state index contributed by atoms with van der Waals surface area (Å²) >= 11 is 0. The first kappa shape index (κ1) is 22.0. The number of hydrazine groups is 1. The molecule has 4 rings (SSSR count). The third-order valence-electron chi connectivity index (χ3n) is 5.67. The van der Waals surface area contributed by atoms with Gasteiger partial charge >= 0.3 is 0 Å². The van der Waals surface area contributed by atoms with Gasteiger partial charge in [0, 0.05) is 47.0 Å². The molecule has 2 aromatic rings. The molecule has 0 spiro atoms. The molecule has 2 N–H and O–H groups in total. The molecule has 1 saturated carbocycles. The van der Waals surface area contributed by atoms with Crippen molar-refractivity contribution in [3.63, 3.8) is 0 Å². The molecule has 0 saturated heterocycles. The summed E-state index contributed by atoms with van der Waals surface area (Å²) < 4.78 is 0. The molecule has 170 valence electrons. The minimum atomic E-state index is -0.699. The maximum absolute atomic E-state index is 13.2. The minimum Gasteiger partial charge on any atom is -0.285 e. The molecule has 0 unspecified atom stereocenters. The van der Waals surface area contributed by atoms with Crippen LogP contribution in [0.1, 0.15) is 46.4 Å². The second-order valence-corrected chi connectivity index (χ2v) is 7.75. The maximum atomic E-state index is 13.2. The van der Waals surface area contributed by atoms with E-state index in [9.17, 15) is 29.8 Å². The summed E-state index contributed by atoms with van der Waals surface area (Å²) in [6, 6.07) is 10.6. The lowest BCUT2D eigenvalue weighted by Crippen LogP contribution is -2.55. The zero-order valence-electron chi connectivity index (χ0n) is 17.3. The second kappa shape index (κ2) is 9.12. The number of carbonyl (C=O) groups excluding carboxylic acids is 2. The average molecular weight is 452 g/mol. The van der Waals surface area contributed by atoms with Crippen molar-refractivity contribution in [2.24, 2.45) is 11.0 Å². The van der Waals surface area contributed by atoms with Crippen LogP contribution in [0.5, 0.6) is 0 Å². The fourth-order valence-corrected chi connectivity index (χ4v) is 4.05. The molecule has 1 heterocycles. The van der Waals surface area contributed by atoms with Crippen LogP contribution in [0.4, 0.5) is 11.4 Å². The third-order valence-corrected chi connectivity index (χ3v) is 5.67. The first-order valence-corrected chi connectivity index (χ1v) is 10.3. The summed E-state index contributed by atoms with van der Waals surface area (Å²) in [5, 5.41) is 27.7. The number of nitrogens with zero attached hydrogens (tertiary/aromatic N) is 4. The van der Waals surface area contributed by atoms with Crippen LogP contribution in [-0.4, -0.2) is 38.5 Å². The van der Waals surface area contributed by atoms with E-state index in [0.717, 1.165) is 31.0 Å². The van der Waals surface area contributed by atoms with Crippen LogP contribution in [0.25, 0.3) is 0 Å². The Bertz CT molecular complexity index is 1170. The zero-order chi connectivity index (χ0) is 23.5. The van der Waals surface area contributed by atoms with Crippen molar-refractivity contribution in [2.45, 2.75) is 31.8 Å². The van der Waals surface area contributed by atoms with E-state index in [1.54, 1.807) is 0 Å². The molecule has 0 aromatic heterocycles. The van der Waals surface area contributed by atoms with E-state index in [1.165, 1.54) is 47.5 Å². The molecule has 12 heteroatoms. The number of amides is 2. The summed E-state index contributed by atoms with van der Waals surface area (Å²) in [5.74, 6) is -1.28. The summed E-state index contributed by atoms with van der Waals surface area (Å²) in [4.78, 5) is 46.7. The quantitative estimate of drug-likeness (QED) is 0.503. The van der Waals surface area contributed by atoms with Gasteiger partial charge in [0.25, 0.3) is 23.2 Å². The van der Waals surface area contributed by atoms with Crippen molar-refractivity contribution in [1.82, 2.24) is 15.9 Å². The number of nitro groups is 2. The summed E-state index contributed by atoms with van der Waals surface area (Å²) in [6.45, 7) is 0. The Morgan fingerprint density at radius 2 is 1.61 bits per heavy atom. The number of nitro benzene ring substituents is 2. The first-order chi connectivity index (χ1) is 15.8. The Morgan fingerprint density at radius 1 is 0.970 bits per heavy atom. The zero-order valence-corrected chi connectivity index (χ0v) is 17.3. The van der Waals surface area contributed by atoms with Gasteiger partial charge in [-0.1, -0.05) is 18.6 Å². The number of non-ortho nitro benzene ring substituents is 2. The molecule has 2 atom stereocenters. The maximum Gasteiger partial charge on any atom is 0.275 e. The predicted octanol–water partition coefficient (Wildman–Crippen LogP) is 2.77. The molecule has 0 bridgehead atoms. The molecule has 2 aliphatic rings. The van der Waals surface area contributed by atoms with Crippen molar-refractivity contribution < 1.29 is 19.4 Å². The van der Waals surface area contributed by atoms with Gasteiger partial charge in [-0.3, -0.25) is 35.2 Å². The van der Waals surface area contributed by atoms with Gasteiger partial charge in [0.1, 0.15) is 6.17 Å². The number of rotatable bonds is 6. The number of hydrazone groups is 1. The molecule has 0 radical (unpaired) electrons. The molecule has 1 fully saturated rings. The number of benzene rings is 2. The number of fused-ring (bicyclic) bond motifs is 1. The van der Waals surface area contributed by atoms with E-state index in [2.05, 4.69) is 16.0 Å². The van der Waals surface area contributed by atoms with Crippen molar-refractivity contribution in [2.75, 3.05) is 0 Å². The highest BCUT2D eigenvalue weighted by Crippen LogP contribution is 2.33. The largest absolute Gasteiger partial charge is 0.285 e. The van der Waals surface area contributed by atoms with E-state index in [4.69, 9.17) is 0 Å². The Morgan fingerprint density at radius 3 is 2.27 bits per heavy atom. The molecule has 12 nitrogen and oxygen atoms in total. The van der Waals surface area contributed by atoms with Crippen LogP contribution in [0.15, 0.2) is 53.6 Å². The Kier molecular flexibility index (Phi) is 6.09. The Hall–Kier alpha value is -4.19. The van der Waals surface area contributed by atoms with Gasteiger partial charge < -0.3 is 0 Å². The van der Waals surface area contributed by atoms with Crippen LogP contribution in [-0.2, 0) is 0 Å². The summed E-state index contributed by atoms with van der Waals surface area (Å²) in [7, 11) is 0. The monoisotopic (exact) mass is 452 g/mol. The highest BCUT2D eigenvalue weighted by atomic mass is 16.6. The lowest BCUT2D eigenvalue weighted by Gasteiger charge is -2.29. The van der Waals surface area contributed by atoms with Crippen molar-refractivity contribution >= 4 is 28.9 Å². The fourth-order valence-electron chi connectivity index (χ4n) is 4.05. The van der Waals surface area contributed by atoms with E-state index in [1.807, 2.05) is 0 Å². The van der Waals surface area contributed by atoms with Gasteiger partial charge in [-0.25, -0.2) is 10.4 Å². The van der Waals surface area contributed by atoms with E-state index in [0.29, 0.717) is 6.42 Å². The predicted molar refractivity (Wildman–Crippen MR) is 116 cm³/mol. The number of nitrogens with one attached hydrogen (secondary N) is 2. The molecule has 1 aliphatic heterocycles. The smallest absolute Gasteiger partial charge is 0.275 e. The van der Waals surface area contributed by atoms with Crippen LogP contribution in [0, 0.1) is 26.1 Å². The van der Waals surface area contributed by atoms with Crippen LogP contribution >= 0.6 is 0 Å². The number of hydrogen-bond acceptors (Lipinski definition) is 8. The highest BCUT2D eigenvalue weighted by Gasteiger charge is 2.41. The Labute approximate surface area is 187 Å². The standard InChI is InChI=1S/C21H20N6O6/c28-20(13-5-3-7-15(11-13)26(30)31)23-22-19-17-9-1-2-10-18(17)24-25(19)21(29)14-6-4-8-16(12-14)27(32)33/h3-8,11-12,17,19,22H,1-2,9-10H2,(H,23,28)/t17-,19+/m1/s1. The summed E-state index contributed by atoms with van der Waals surface area (Å²) in [6.07, 6.45) is 2.62.